The van der Waals surface area contributed by atoms with Gasteiger partial charge in [-0.15, -0.1) is 0 Å². The lowest BCUT2D eigenvalue weighted by molar-refractivity contribution is -0.126. The predicted octanol–water partition coefficient (Wildman–Crippen LogP) is 0.987. The van der Waals surface area contributed by atoms with Crippen LogP contribution < -0.4 is 10.6 Å². The van der Waals surface area contributed by atoms with Gasteiger partial charge in [0.05, 0.1) is 12.7 Å². The van der Waals surface area contributed by atoms with E-state index in [2.05, 4.69) is 15.4 Å². The molecule has 21 heavy (non-hydrogen) atoms. The Bertz CT molecular complexity index is 495. The molecular weight excluding hydrogens is 268 g/mol. The minimum Gasteiger partial charge on any atom is -0.465 e. The first-order chi connectivity index (χ1) is 10.1. The number of rotatable bonds is 6. The summed E-state index contributed by atoms with van der Waals surface area (Å²) in [5, 5.41) is 6.15. The molecule has 1 aliphatic rings. The van der Waals surface area contributed by atoms with Crippen molar-refractivity contribution in [1.29, 1.82) is 0 Å². The van der Waals surface area contributed by atoms with Gasteiger partial charge in [0.2, 0.25) is 5.91 Å². The maximum absolute atomic E-state index is 11.9. The average Bonchev–Trinajstić information content (AvgIpc) is 2.45. The van der Waals surface area contributed by atoms with E-state index in [0.717, 1.165) is 25.1 Å². The number of nitrogens with one attached hydrogen (secondary N) is 2. The fraction of sp³-hybridized carbons (Fsp3) is 0.500. The minimum absolute atomic E-state index is 0.0629. The normalized spacial score (nSPS) is 15.9. The van der Waals surface area contributed by atoms with Crippen LogP contribution in [0, 0.1) is 11.8 Å². The highest BCUT2D eigenvalue weighted by atomic mass is 16.5. The highest BCUT2D eigenvalue weighted by molar-refractivity contribution is 5.89. The van der Waals surface area contributed by atoms with E-state index >= 15 is 0 Å². The van der Waals surface area contributed by atoms with Crippen molar-refractivity contribution < 1.29 is 14.3 Å². The van der Waals surface area contributed by atoms with E-state index in [9.17, 15) is 9.59 Å². The summed E-state index contributed by atoms with van der Waals surface area (Å²) in [5.74, 6) is 0.308. The summed E-state index contributed by atoms with van der Waals surface area (Å²) in [6.45, 7) is 4.46. The first-order valence-electron chi connectivity index (χ1n) is 7.27. The lowest BCUT2D eigenvalue weighted by Gasteiger charge is -2.31. The van der Waals surface area contributed by atoms with E-state index in [0.29, 0.717) is 18.0 Å². The van der Waals surface area contributed by atoms with Gasteiger partial charge in [-0.1, -0.05) is 19.1 Å². The molecule has 0 aromatic heterocycles. The Labute approximate surface area is 125 Å². The molecule has 1 amide bonds. The molecule has 0 spiro atoms. The molecule has 0 aliphatic carbocycles. The molecule has 1 atom stereocenters. The minimum atomic E-state index is -0.335. The third-order valence-corrected chi connectivity index (χ3v) is 4.02. The van der Waals surface area contributed by atoms with Gasteiger partial charge in [0.15, 0.2) is 0 Å². The van der Waals surface area contributed by atoms with Crippen molar-refractivity contribution in [3.05, 3.63) is 35.4 Å². The summed E-state index contributed by atoms with van der Waals surface area (Å²) >= 11 is 0. The summed E-state index contributed by atoms with van der Waals surface area (Å²) in [4.78, 5) is 23.3. The summed E-state index contributed by atoms with van der Waals surface area (Å²) in [6, 6.07) is 7.26. The van der Waals surface area contributed by atoms with E-state index in [1.165, 1.54) is 7.11 Å². The molecule has 2 N–H and O–H groups in total. The largest absolute Gasteiger partial charge is 0.465 e. The van der Waals surface area contributed by atoms with Gasteiger partial charge in [0.25, 0.3) is 0 Å². The molecule has 1 aromatic carbocycles. The van der Waals surface area contributed by atoms with Crippen LogP contribution in [-0.4, -0.2) is 38.6 Å². The second kappa shape index (κ2) is 7.22. The molecule has 2 rings (SSSR count). The number of carbonyl (C=O) groups is 2. The number of ether oxygens (including phenoxy) is 1. The highest BCUT2D eigenvalue weighted by Crippen LogP contribution is 2.15. The van der Waals surface area contributed by atoms with Crippen LogP contribution in [0.5, 0.6) is 0 Å². The van der Waals surface area contributed by atoms with Crippen LogP contribution in [0.1, 0.15) is 22.8 Å². The SMILES string of the molecule is COC(=O)c1ccc(CCNC(=O)C(C)C2CNC2)cc1. The van der Waals surface area contributed by atoms with E-state index in [1.54, 1.807) is 12.1 Å². The van der Waals surface area contributed by atoms with Gasteiger partial charge < -0.3 is 15.4 Å². The number of carbonyl (C=O) groups excluding carboxylic acids is 2. The quantitative estimate of drug-likeness (QED) is 0.767. The number of hydrogen-bond donors (Lipinski definition) is 2. The molecule has 1 unspecified atom stereocenters. The number of methoxy groups -OCH3 is 1. The Morgan fingerprint density at radius 1 is 1.33 bits per heavy atom. The molecular formula is C16H22N2O3. The predicted molar refractivity (Wildman–Crippen MR) is 80.0 cm³/mol. The van der Waals surface area contributed by atoms with E-state index < -0.39 is 0 Å². The van der Waals surface area contributed by atoms with Gasteiger partial charge in [-0.2, -0.15) is 0 Å². The van der Waals surface area contributed by atoms with E-state index in [-0.39, 0.29) is 17.8 Å². The average molecular weight is 290 g/mol. The van der Waals surface area contributed by atoms with Crippen molar-refractivity contribution >= 4 is 11.9 Å². The fourth-order valence-electron chi connectivity index (χ4n) is 2.30. The lowest BCUT2D eigenvalue weighted by atomic mass is 9.88. The van der Waals surface area contributed by atoms with Gasteiger partial charge in [0.1, 0.15) is 0 Å². The van der Waals surface area contributed by atoms with Crippen molar-refractivity contribution in [1.82, 2.24) is 10.6 Å². The standard InChI is InChI=1S/C16H22N2O3/c1-11(14-9-17-10-14)15(19)18-8-7-12-3-5-13(6-4-12)16(20)21-2/h3-6,11,14,17H,7-10H2,1-2H3,(H,18,19). The van der Waals surface area contributed by atoms with Crippen LogP contribution in [0.15, 0.2) is 24.3 Å². The first kappa shape index (κ1) is 15.5. The molecule has 1 fully saturated rings. The lowest BCUT2D eigenvalue weighted by Crippen LogP contribution is -2.49. The Morgan fingerprint density at radius 3 is 2.52 bits per heavy atom. The second-order valence-electron chi connectivity index (χ2n) is 5.44. The van der Waals surface area contributed by atoms with Crippen molar-refractivity contribution in [2.45, 2.75) is 13.3 Å². The van der Waals surface area contributed by atoms with Crippen molar-refractivity contribution in [2.24, 2.45) is 11.8 Å². The third-order valence-electron chi connectivity index (χ3n) is 4.02. The number of benzene rings is 1. The molecule has 5 nitrogen and oxygen atoms in total. The maximum Gasteiger partial charge on any atom is 0.337 e. The van der Waals surface area contributed by atoms with Gasteiger partial charge >= 0.3 is 5.97 Å². The van der Waals surface area contributed by atoms with Gasteiger partial charge in [-0.3, -0.25) is 4.79 Å². The molecule has 0 radical (unpaired) electrons. The number of amides is 1. The van der Waals surface area contributed by atoms with Crippen LogP contribution in [0.2, 0.25) is 0 Å². The Kier molecular flexibility index (Phi) is 5.33. The second-order valence-corrected chi connectivity index (χ2v) is 5.44. The molecule has 114 valence electrons. The topological polar surface area (TPSA) is 67.4 Å². The zero-order valence-corrected chi connectivity index (χ0v) is 12.5. The summed E-state index contributed by atoms with van der Waals surface area (Å²) in [5.41, 5.74) is 1.62. The van der Waals surface area contributed by atoms with Crippen LogP contribution in [-0.2, 0) is 16.0 Å². The zero-order valence-electron chi connectivity index (χ0n) is 12.5. The summed E-state index contributed by atoms with van der Waals surface area (Å²) in [7, 11) is 1.37. The summed E-state index contributed by atoms with van der Waals surface area (Å²) in [6.07, 6.45) is 0.753. The highest BCUT2D eigenvalue weighted by Gasteiger charge is 2.28. The molecule has 1 aromatic rings. The molecule has 5 heteroatoms. The van der Waals surface area contributed by atoms with Gasteiger partial charge in [-0.25, -0.2) is 4.79 Å². The molecule has 0 bridgehead atoms. The summed E-state index contributed by atoms with van der Waals surface area (Å²) < 4.78 is 4.65. The third kappa shape index (κ3) is 4.04. The van der Waals surface area contributed by atoms with Crippen LogP contribution in [0.3, 0.4) is 0 Å². The monoisotopic (exact) mass is 290 g/mol. The van der Waals surface area contributed by atoms with Gasteiger partial charge in [0, 0.05) is 12.5 Å². The van der Waals surface area contributed by atoms with E-state index in [4.69, 9.17) is 0 Å². The van der Waals surface area contributed by atoms with Crippen molar-refractivity contribution in [3.8, 4) is 0 Å². The van der Waals surface area contributed by atoms with Crippen LogP contribution >= 0.6 is 0 Å². The smallest absolute Gasteiger partial charge is 0.337 e. The number of esters is 1. The molecule has 1 heterocycles. The van der Waals surface area contributed by atoms with Crippen LogP contribution in [0.25, 0.3) is 0 Å². The Balaban J connectivity index is 1.75. The molecule has 1 aliphatic heterocycles. The van der Waals surface area contributed by atoms with Gasteiger partial charge in [-0.05, 0) is 43.1 Å². The van der Waals surface area contributed by atoms with Crippen LogP contribution in [0.4, 0.5) is 0 Å². The van der Waals surface area contributed by atoms with Crippen molar-refractivity contribution in [2.75, 3.05) is 26.7 Å². The first-order valence-corrected chi connectivity index (χ1v) is 7.27. The molecule has 1 saturated heterocycles. The fourth-order valence-corrected chi connectivity index (χ4v) is 2.30. The maximum atomic E-state index is 11.9. The Hall–Kier alpha value is -1.88. The zero-order chi connectivity index (χ0) is 15.2. The molecule has 0 saturated carbocycles. The Morgan fingerprint density at radius 2 is 2.00 bits per heavy atom. The van der Waals surface area contributed by atoms with E-state index in [1.807, 2.05) is 19.1 Å². The number of hydrogen-bond acceptors (Lipinski definition) is 4. The van der Waals surface area contributed by atoms with Crippen molar-refractivity contribution in [3.63, 3.8) is 0 Å².